The van der Waals surface area contributed by atoms with Crippen LogP contribution in [0.25, 0.3) is 33.0 Å². The monoisotopic (exact) mass is 822 g/mol. The molecule has 3 atom stereocenters. The van der Waals surface area contributed by atoms with Gasteiger partial charge in [-0.1, -0.05) is 153 Å². The van der Waals surface area contributed by atoms with Crippen LogP contribution in [0.15, 0.2) is 206 Å². The fourth-order valence-corrected chi connectivity index (χ4v) is 13.0. The Morgan fingerprint density at radius 2 is 0.906 bits per heavy atom. The molecule has 9 aromatic carbocycles. The van der Waals surface area contributed by atoms with Gasteiger partial charge in [0.15, 0.2) is 0 Å². The Balaban J connectivity index is 1.03. The highest BCUT2D eigenvalue weighted by molar-refractivity contribution is 5.91. The molecule has 2 nitrogen and oxygen atoms in total. The number of rotatable bonds is 7. The molecule has 4 aliphatic rings. The van der Waals surface area contributed by atoms with Gasteiger partial charge in [-0.2, -0.15) is 0 Å². The zero-order chi connectivity index (χ0) is 42.6. The molecule has 0 radical (unpaired) electrons. The summed E-state index contributed by atoms with van der Waals surface area (Å²) >= 11 is 0. The highest BCUT2D eigenvalue weighted by Crippen LogP contribution is 2.69. The molecule has 0 aromatic heterocycles. The van der Waals surface area contributed by atoms with Crippen molar-refractivity contribution in [2.24, 2.45) is 11.8 Å². The SMILES string of the molecule is CC1(C)c2ccccc2-c2ccc(N(c3ccc(-c4ccc5ccccc5c4)cc3)c3cccc4c3C35c6c(cccc6N(c6ccccc6)c6ccccc6)CC3CCC5C4)cc21. The lowest BCUT2D eigenvalue weighted by Crippen LogP contribution is -2.34. The van der Waals surface area contributed by atoms with Crippen LogP contribution >= 0.6 is 0 Å². The highest BCUT2D eigenvalue weighted by Gasteiger charge is 2.62. The first-order chi connectivity index (χ1) is 31.5. The minimum Gasteiger partial charge on any atom is -0.310 e. The first-order valence-corrected chi connectivity index (χ1v) is 23.3. The van der Waals surface area contributed by atoms with Crippen LogP contribution in [0, 0.1) is 11.8 Å². The van der Waals surface area contributed by atoms with Crippen LogP contribution in [0.3, 0.4) is 0 Å². The van der Waals surface area contributed by atoms with Gasteiger partial charge in [0.05, 0.1) is 11.4 Å². The molecule has 4 aliphatic carbocycles. The normalized spacial score (nSPS) is 19.3. The van der Waals surface area contributed by atoms with Gasteiger partial charge in [-0.15, -0.1) is 0 Å². The van der Waals surface area contributed by atoms with Crippen molar-refractivity contribution >= 4 is 44.9 Å². The van der Waals surface area contributed by atoms with Crippen LogP contribution in [0.2, 0.25) is 0 Å². The second-order valence-corrected chi connectivity index (χ2v) is 19.2. The molecular weight excluding hydrogens is 773 g/mol. The van der Waals surface area contributed by atoms with Crippen molar-refractivity contribution in [2.45, 2.75) is 50.4 Å². The van der Waals surface area contributed by atoms with E-state index in [0.29, 0.717) is 11.8 Å². The fraction of sp³-hybridized carbons (Fsp3) is 0.161. The molecule has 0 saturated heterocycles. The largest absolute Gasteiger partial charge is 0.310 e. The van der Waals surface area contributed by atoms with Crippen molar-refractivity contribution in [3.8, 4) is 22.3 Å². The van der Waals surface area contributed by atoms with Crippen molar-refractivity contribution in [3.63, 3.8) is 0 Å². The zero-order valence-electron chi connectivity index (χ0n) is 36.5. The number of anilines is 6. The van der Waals surface area contributed by atoms with Gasteiger partial charge in [-0.25, -0.2) is 0 Å². The van der Waals surface area contributed by atoms with E-state index in [1.54, 1.807) is 5.56 Å². The summed E-state index contributed by atoms with van der Waals surface area (Å²) < 4.78 is 0. The standard InChI is InChI=1S/C62H50N2/c1-61(2)55-24-12-11-23-53(55)54-36-35-52(40-56(54)61)64(51-33-29-42(30-34-51)44-28-27-41-15-9-10-16-43(41)37-44)58-26-14-18-46-39-48-32-31-47-38-45-17-13-25-57(59(45)62(47,48)60(46)58)63(49-19-5-3-6-20-49)50-21-7-4-8-22-50/h3-30,33-37,40,47-48H,31-32,38-39H2,1-2H3. The smallest absolute Gasteiger partial charge is 0.0505 e. The fourth-order valence-electron chi connectivity index (χ4n) is 13.0. The van der Waals surface area contributed by atoms with Gasteiger partial charge in [0, 0.05) is 33.6 Å². The number of fused-ring (bicyclic) bond motifs is 6. The molecule has 1 spiro atoms. The summed E-state index contributed by atoms with van der Waals surface area (Å²) in [4.78, 5) is 5.16. The average molecular weight is 823 g/mol. The molecule has 9 aromatic rings. The Morgan fingerprint density at radius 1 is 0.391 bits per heavy atom. The van der Waals surface area contributed by atoms with E-state index >= 15 is 0 Å². The zero-order valence-corrected chi connectivity index (χ0v) is 36.5. The number of hydrogen-bond acceptors (Lipinski definition) is 2. The third kappa shape index (κ3) is 5.38. The average Bonchev–Trinajstić information content (AvgIpc) is 4.04. The van der Waals surface area contributed by atoms with Crippen molar-refractivity contribution in [1.82, 2.24) is 0 Å². The van der Waals surface area contributed by atoms with Gasteiger partial charge in [0.1, 0.15) is 0 Å². The lowest BCUT2D eigenvalue weighted by atomic mass is 9.68. The minimum absolute atomic E-state index is 0.121. The second-order valence-electron chi connectivity index (χ2n) is 19.2. The summed E-state index contributed by atoms with van der Waals surface area (Å²) in [5, 5.41) is 2.53. The van der Waals surface area contributed by atoms with Gasteiger partial charge in [-0.3, -0.25) is 0 Å². The van der Waals surface area contributed by atoms with E-state index < -0.39 is 0 Å². The molecule has 1 saturated carbocycles. The first kappa shape index (κ1) is 37.4. The van der Waals surface area contributed by atoms with E-state index in [1.165, 1.54) is 108 Å². The molecule has 3 unspecified atom stereocenters. The molecule has 13 rings (SSSR count). The van der Waals surface area contributed by atoms with E-state index in [2.05, 4.69) is 230 Å². The molecule has 1 fully saturated rings. The molecule has 0 bridgehead atoms. The summed E-state index contributed by atoms with van der Waals surface area (Å²) in [6, 6.07) is 77.7. The highest BCUT2D eigenvalue weighted by atomic mass is 15.2. The molecule has 0 aliphatic heterocycles. The van der Waals surface area contributed by atoms with Crippen LogP contribution in [0.1, 0.15) is 60.1 Å². The molecule has 0 amide bonds. The van der Waals surface area contributed by atoms with E-state index in [-0.39, 0.29) is 10.8 Å². The Bertz CT molecular complexity index is 3230. The minimum atomic E-state index is -0.130. The van der Waals surface area contributed by atoms with Crippen LogP contribution < -0.4 is 9.80 Å². The van der Waals surface area contributed by atoms with Gasteiger partial charge in [-0.05, 0) is 171 Å². The summed E-state index contributed by atoms with van der Waals surface area (Å²) in [5.74, 6) is 1.05. The van der Waals surface area contributed by atoms with Gasteiger partial charge >= 0.3 is 0 Å². The molecule has 2 heteroatoms. The van der Waals surface area contributed by atoms with Crippen LogP contribution in [0.4, 0.5) is 34.1 Å². The van der Waals surface area contributed by atoms with Crippen molar-refractivity contribution in [3.05, 3.63) is 240 Å². The third-order valence-corrected chi connectivity index (χ3v) is 15.7. The molecule has 0 N–H and O–H groups in total. The molecular formula is C62H50N2. The summed E-state index contributed by atoms with van der Waals surface area (Å²) in [7, 11) is 0. The van der Waals surface area contributed by atoms with Crippen molar-refractivity contribution in [2.75, 3.05) is 9.80 Å². The number of benzene rings is 9. The topological polar surface area (TPSA) is 6.48 Å². The summed E-state index contributed by atoms with van der Waals surface area (Å²) in [6.45, 7) is 4.80. The Kier molecular flexibility index (Phi) is 8.28. The van der Waals surface area contributed by atoms with Gasteiger partial charge < -0.3 is 9.80 Å². The summed E-state index contributed by atoms with van der Waals surface area (Å²) in [6.07, 6.45) is 4.70. The number of nitrogens with zero attached hydrogens (tertiary/aromatic N) is 2. The maximum atomic E-state index is 2.63. The van der Waals surface area contributed by atoms with Gasteiger partial charge in [0.25, 0.3) is 0 Å². The maximum absolute atomic E-state index is 2.63. The maximum Gasteiger partial charge on any atom is 0.0505 e. The Morgan fingerprint density at radius 3 is 1.56 bits per heavy atom. The van der Waals surface area contributed by atoms with E-state index in [1.807, 2.05) is 0 Å². The number of hydrogen-bond donors (Lipinski definition) is 0. The van der Waals surface area contributed by atoms with Crippen LogP contribution in [-0.2, 0) is 23.7 Å². The predicted molar refractivity (Wildman–Crippen MR) is 267 cm³/mol. The first-order valence-electron chi connectivity index (χ1n) is 23.3. The van der Waals surface area contributed by atoms with E-state index in [0.717, 1.165) is 12.8 Å². The van der Waals surface area contributed by atoms with Gasteiger partial charge in [0.2, 0.25) is 0 Å². The quantitative estimate of drug-likeness (QED) is 0.158. The predicted octanol–water partition coefficient (Wildman–Crippen LogP) is 16.2. The third-order valence-electron chi connectivity index (χ3n) is 15.7. The van der Waals surface area contributed by atoms with Crippen molar-refractivity contribution < 1.29 is 0 Å². The Hall–Kier alpha value is -7.16. The number of para-hydroxylation sites is 2. The van der Waals surface area contributed by atoms with E-state index in [9.17, 15) is 0 Å². The molecule has 64 heavy (non-hydrogen) atoms. The summed E-state index contributed by atoms with van der Waals surface area (Å²) in [5.41, 5.74) is 21.2. The lowest BCUT2D eigenvalue weighted by Gasteiger charge is -2.40. The van der Waals surface area contributed by atoms with Crippen LogP contribution in [-0.4, -0.2) is 0 Å². The van der Waals surface area contributed by atoms with E-state index in [4.69, 9.17) is 0 Å². The lowest BCUT2D eigenvalue weighted by molar-refractivity contribution is 0.350. The molecule has 308 valence electrons. The van der Waals surface area contributed by atoms with Crippen LogP contribution in [0.5, 0.6) is 0 Å². The second kappa shape index (κ2) is 14.2. The Labute approximate surface area is 377 Å². The molecule has 0 heterocycles. The van der Waals surface area contributed by atoms with Crippen molar-refractivity contribution in [1.29, 1.82) is 0 Å².